The van der Waals surface area contributed by atoms with E-state index in [9.17, 15) is 18.0 Å². The van der Waals surface area contributed by atoms with Gasteiger partial charge in [-0.15, -0.1) is 0 Å². The molecule has 0 aliphatic rings. The molecule has 0 atom stereocenters. The quantitative estimate of drug-likeness (QED) is 0.743. The zero-order valence-electron chi connectivity index (χ0n) is 10.9. The van der Waals surface area contributed by atoms with Crippen LogP contribution in [0, 0.1) is 0 Å². The third-order valence-corrected chi connectivity index (χ3v) is 3.49. The lowest BCUT2D eigenvalue weighted by atomic mass is 10.0. The number of carbonyl (C=O) groups is 1. The highest BCUT2D eigenvalue weighted by molar-refractivity contribution is 9.10. The van der Waals surface area contributed by atoms with Crippen LogP contribution < -0.4 is 4.74 Å². The molecule has 21 heavy (non-hydrogen) atoms. The van der Waals surface area contributed by atoms with Crippen molar-refractivity contribution in [1.29, 1.82) is 0 Å². The highest BCUT2D eigenvalue weighted by Crippen LogP contribution is 2.31. The maximum absolute atomic E-state index is 12.7. The number of hydrogen-bond donors (Lipinski definition) is 0. The van der Waals surface area contributed by atoms with E-state index in [0.29, 0.717) is 10.2 Å². The van der Waals surface area contributed by atoms with E-state index in [4.69, 9.17) is 4.74 Å². The van der Waals surface area contributed by atoms with Crippen molar-refractivity contribution in [2.45, 2.75) is 6.18 Å². The number of ether oxygens (including phenoxy) is 1. The van der Waals surface area contributed by atoms with E-state index in [1.54, 1.807) is 6.07 Å². The van der Waals surface area contributed by atoms with Gasteiger partial charge in [-0.05, 0) is 46.3 Å². The summed E-state index contributed by atoms with van der Waals surface area (Å²) in [5.74, 6) is 0.0556. The molecule has 0 bridgehead atoms. The summed E-state index contributed by atoms with van der Waals surface area (Å²) in [6, 6.07) is 8.95. The molecular formula is C15H10BrF3O2. The van der Waals surface area contributed by atoms with Crippen molar-refractivity contribution in [3.05, 3.63) is 63.6 Å². The molecular weight excluding hydrogens is 349 g/mol. The highest BCUT2D eigenvalue weighted by Gasteiger charge is 2.31. The Morgan fingerprint density at radius 1 is 1.10 bits per heavy atom. The minimum atomic E-state index is -4.48. The number of hydrogen-bond acceptors (Lipinski definition) is 2. The van der Waals surface area contributed by atoms with Gasteiger partial charge in [0.25, 0.3) is 0 Å². The van der Waals surface area contributed by atoms with E-state index in [0.717, 1.165) is 12.1 Å². The molecule has 0 radical (unpaired) electrons. The third-order valence-electron chi connectivity index (χ3n) is 2.87. The van der Waals surface area contributed by atoms with Gasteiger partial charge in [0, 0.05) is 11.1 Å². The van der Waals surface area contributed by atoms with E-state index in [1.165, 1.54) is 31.4 Å². The maximum Gasteiger partial charge on any atom is 0.416 e. The number of ketones is 1. The predicted molar refractivity (Wildman–Crippen MR) is 75.6 cm³/mol. The van der Waals surface area contributed by atoms with Gasteiger partial charge >= 0.3 is 6.18 Å². The van der Waals surface area contributed by atoms with Gasteiger partial charge in [-0.25, -0.2) is 0 Å². The van der Waals surface area contributed by atoms with Crippen LogP contribution in [0.4, 0.5) is 13.2 Å². The van der Waals surface area contributed by atoms with Crippen LogP contribution in [0.3, 0.4) is 0 Å². The lowest BCUT2D eigenvalue weighted by Crippen LogP contribution is -2.08. The first kappa shape index (κ1) is 15.6. The van der Waals surface area contributed by atoms with Gasteiger partial charge in [0.05, 0.1) is 17.1 Å². The fraction of sp³-hybridized carbons (Fsp3) is 0.133. The van der Waals surface area contributed by atoms with Gasteiger partial charge < -0.3 is 4.74 Å². The molecule has 0 heterocycles. The van der Waals surface area contributed by atoms with Crippen molar-refractivity contribution in [2.24, 2.45) is 0 Å². The Morgan fingerprint density at radius 3 is 2.33 bits per heavy atom. The first-order chi connectivity index (χ1) is 9.82. The van der Waals surface area contributed by atoms with Gasteiger partial charge in [0.2, 0.25) is 0 Å². The first-order valence-electron chi connectivity index (χ1n) is 5.88. The molecule has 0 spiro atoms. The standard InChI is InChI=1S/C15H10BrF3O2/c1-21-13-6-5-10(8-12(13)16)14(20)9-3-2-4-11(7-9)15(17,18)19/h2-8H,1H3. The summed E-state index contributed by atoms with van der Waals surface area (Å²) in [7, 11) is 1.48. The van der Waals surface area contributed by atoms with Crippen molar-refractivity contribution in [3.63, 3.8) is 0 Å². The van der Waals surface area contributed by atoms with Crippen LogP contribution in [0.2, 0.25) is 0 Å². The van der Waals surface area contributed by atoms with Crippen LogP contribution in [-0.2, 0) is 6.18 Å². The second-order valence-corrected chi connectivity index (χ2v) is 5.11. The second kappa shape index (κ2) is 5.89. The summed E-state index contributed by atoms with van der Waals surface area (Å²) in [5, 5.41) is 0. The smallest absolute Gasteiger partial charge is 0.416 e. The molecule has 0 amide bonds. The van der Waals surface area contributed by atoms with E-state index in [-0.39, 0.29) is 11.1 Å². The summed E-state index contributed by atoms with van der Waals surface area (Å²) < 4.78 is 43.6. The van der Waals surface area contributed by atoms with Gasteiger partial charge in [-0.2, -0.15) is 13.2 Å². The number of carbonyl (C=O) groups excluding carboxylic acids is 1. The average molecular weight is 359 g/mol. The lowest BCUT2D eigenvalue weighted by Gasteiger charge is -2.09. The van der Waals surface area contributed by atoms with E-state index in [1.807, 2.05) is 0 Å². The lowest BCUT2D eigenvalue weighted by molar-refractivity contribution is -0.137. The van der Waals surface area contributed by atoms with E-state index >= 15 is 0 Å². The van der Waals surface area contributed by atoms with Gasteiger partial charge in [0.1, 0.15) is 5.75 Å². The Labute approximate surface area is 127 Å². The molecule has 0 saturated heterocycles. The van der Waals surface area contributed by atoms with E-state index < -0.39 is 17.5 Å². The summed E-state index contributed by atoms with van der Waals surface area (Å²) in [6.07, 6.45) is -4.48. The Balaban J connectivity index is 2.38. The highest BCUT2D eigenvalue weighted by atomic mass is 79.9. The molecule has 2 nitrogen and oxygen atoms in total. The van der Waals surface area contributed by atoms with Gasteiger partial charge in [-0.3, -0.25) is 4.79 Å². The molecule has 0 saturated carbocycles. The summed E-state index contributed by atoms with van der Waals surface area (Å²) in [6.45, 7) is 0. The first-order valence-corrected chi connectivity index (χ1v) is 6.67. The van der Waals surface area contributed by atoms with Crippen molar-refractivity contribution < 1.29 is 22.7 Å². The Morgan fingerprint density at radius 2 is 1.76 bits per heavy atom. The molecule has 0 N–H and O–H groups in total. The normalized spacial score (nSPS) is 11.3. The van der Waals surface area contributed by atoms with Crippen LogP contribution >= 0.6 is 15.9 Å². The topological polar surface area (TPSA) is 26.3 Å². The maximum atomic E-state index is 12.7. The molecule has 2 aromatic carbocycles. The average Bonchev–Trinajstić information content (AvgIpc) is 2.45. The molecule has 0 fully saturated rings. The fourth-order valence-corrected chi connectivity index (χ4v) is 2.35. The van der Waals surface area contributed by atoms with Crippen LogP contribution in [0.25, 0.3) is 0 Å². The van der Waals surface area contributed by atoms with Crippen molar-refractivity contribution in [3.8, 4) is 5.75 Å². The number of halogens is 4. The second-order valence-electron chi connectivity index (χ2n) is 4.26. The molecule has 0 aliphatic heterocycles. The van der Waals surface area contributed by atoms with Gasteiger partial charge in [-0.1, -0.05) is 12.1 Å². The van der Waals surface area contributed by atoms with Crippen LogP contribution in [0.15, 0.2) is 46.9 Å². The molecule has 2 rings (SSSR count). The van der Waals surface area contributed by atoms with E-state index in [2.05, 4.69) is 15.9 Å². The Bertz CT molecular complexity index is 681. The summed E-state index contributed by atoms with van der Waals surface area (Å²) >= 11 is 3.24. The predicted octanol–water partition coefficient (Wildman–Crippen LogP) is 4.71. The Hall–Kier alpha value is -1.82. The molecule has 0 aliphatic carbocycles. The fourth-order valence-electron chi connectivity index (χ4n) is 1.81. The number of benzene rings is 2. The zero-order valence-corrected chi connectivity index (χ0v) is 12.5. The zero-order chi connectivity index (χ0) is 15.6. The van der Waals surface area contributed by atoms with Crippen LogP contribution in [0.5, 0.6) is 5.75 Å². The summed E-state index contributed by atoms with van der Waals surface area (Å²) in [5.41, 5.74) is -0.579. The minimum absolute atomic E-state index is 0.0121. The SMILES string of the molecule is COc1ccc(C(=O)c2cccc(C(F)(F)F)c2)cc1Br. The third kappa shape index (κ3) is 3.44. The molecule has 0 aromatic heterocycles. The molecule has 2 aromatic rings. The molecule has 6 heteroatoms. The molecule has 0 unspecified atom stereocenters. The number of alkyl halides is 3. The van der Waals surface area contributed by atoms with Crippen LogP contribution in [0.1, 0.15) is 21.5 Å². The number of methoxy groups -OCH3 is 1. The largest absolute Gasteiger partial charge is 0.496 e. The summed E-state index contributed by atoms with van der Waals surface area (Å²) in [4.78, 5) is 12.2. The van der Waals surface area contributed by atoms with Crippen LogP contribution in [-0.4, -0.2) is 12.9 Å². The minimum Gasteiger partial charge on any atom is -0.496 e. The van der Waals surface area contributed by atoms with Gasteiger partial charge in [0.15, 0.2) is 5.78 Å². The van der Waals surface area contributed by atoms with Crippen molar-refractivity contribution in [2.75, 3.05) is 7.11 Å². The van der Waals surface area contributed by atoms with Crippen molar-refractivity contribution in [1.82, 2.24) is 0 Å². The number of rotatable bonds is 3. The van der Waals surface area contributed by atoms with Crippen molar-refractivity contribution >= 4 is 21.7 Å². The monoisotopic (exact) mass is 358 g/mol. The molecule has 110 valence electrons. The Kier molecular flexibility index (Phi) is 4.37.